The molecule has 3 rings (SSSR count). The van der Waals surface area contributed by atoms with Crippen molar-refractivity contribution < 1.29 is 21.6 Å². The van der Waals surface area contributed by atoms with Crippen LogP contribution in [0.15, 0.2) is 57.7 Å². The summed E-state index contributed by atoms with van der Waals surface area (Å²) < 4.78 is 63.4. The van der Waals surface area contributed by atoms with Gasteiger partial charge in [0.25, 0.3) is 0 Å². The first-order valence-electron chi connectivity index (χ1n) is 7.66. The van der Waals surface area contributed by atoms with Crippen molar-refractivity contribution in [1.82, 2.24) is 4.57 Å². The molecule has 0 spiro atoms. The maximum atomic E-state index is 12.9. The third kappa shape index (κ3) is 5.28. The van der Waals surface area contributed by atoms with Gasteiger partial charge in [-0.15, -0.1) is 28.3 Å². The highest BCUT2D eigenvalue weighted by atomic mass is 79.9. The van der Waals surface area contributed by atoms with E-state index in [-0.39, 0.29) is 27.6 Å². The second-order valence-corrected chi connectivity index (χ2v) is 8.61. The summed E-state index contributed by atoms with van der Waals surface area (Å²) >= 11 is 7.37. The van der Waals surface area contributed by atoms with E-state index in [1.54, 1.807) is 17.0 Å². The summed E-state index contributed by atoms with van der Waals surface area (Å²) in [4.78, 5) is 4.56. The second kappa shape index (κ2) is 8.60. The van der Waals surface area contributed by atoms with Gasteiger partial charge >= 0.3 is 6.18 Å². The van der Waals surface area contributed by atoms with Crippen molar-refractivity contribution in [3.8, 4) is 11.3 Å². The molecule has 3 aromatic rings. The lowest BCUT2D eigenvalue weighted by atomic mass is 10.2. The largest absolute Gasteiger partial charge is 0.416 e. The lowest BCUT2D eigenvalue weighted by Gasteiger charge is -2.08. The molecule has 2 aromatic carbocycles. The Labute approximate surface area is 184 Å². The van der Waals surface area contributed by atoms with Crippen LogP contribution < -0.4 is 9.94 Å². The van der Waals surface area contributed by atoms with Crippen LogP contribution in [0.2, 0.25) is 5.02 Å². The third-order valence-electron chi connectivity index (χ3n) is 3.86. The van der Waals surface area contributed by atoms with Crippen LogP contribution in [0.5, 0.6) is 0 Å². The van der Waals surface area contributed by atoms with Gasteiger partial charge in [0.2, 0.25) is 10.0 Å². The van der Waals surface area contributed by atoms with E-state index in [0.29, 0.717) is 21.1 Å². The van der Waals surface area contributed by atoms with Crippen molar-refractivity contribution in [2.75, 3.05) is 0 Å². The van der Waals surface area contributed by atoms with Gasteiger partial charge in [0.15, 0.2) is 4.80 Å². The first-order valence-corrected chi connectivity index (χ1v) is 10.5. The van der Waals surface area contributed by atoms with E-state index < -0.39 is 21.8 Å². The summed E-state index contributed by atoms with van der Waals surface area (Å²) in [6.07, 6.45) is -4.46. The number of nitrogens with two attached hydrogens (primary N) is 1. The monoisotopic (exact) mass is 527 g/mol. The summed E-state index contributed by atoms with van der Waals surface area (Å²) in [6, 6.07) is 8.71. The van der Waals surface area contributed by atoms with Gasteiger partial charge in [0.05, 0.1) is 21.8 Å². The van der Waals surface area contributed by atoms with Crippen molar-refractivity contribution in [3.05, 3.63) is 63.2 Å². The molecule has 0 bridgehead atoms. The highest BCUT2D eigenvalue weighted by Crippen LogP contribution is 2.32. The van der Waals surface area contributed by atoms with Crippen LogP contribution in [-0.2, 0) is 23.2 Å². The molecule has 12 heteroatoms. The van der Waals surface area contributed by atoms with Gasteiger partial charge in [-0.1, -0.05) is 17.7 Å². The number of nitrogens with zero attached hydrogens (tertiary/aromatic N) is 2. The van der Waals surface area contributed by atoms with Crippen LogP contribution in [-0.4, -0.2) is 13.0 Å². The molecule has 0 atom stereocenters. The van der Waals surface area contributed by atoms with E-state index in [0.717, 1.165) is 12.1 Å². The number of hydrogen-bond acceptors (Lipinski definition) is 4. The average molecular weight is 529 g/mol. The summed E-state index contributed by atoms with van der Waals surface area (Å²) in [5, 5.41) is 7.14. The molecule has 5 nitrogen and oxygen atoms in total. The Balaban J connectivity index is 0.00000300. The fraction of sp³-hybridized carbons (Fsp3) is 0.118. The molecule has 0 amide bonds. The van der Waals surface area contributed by atoms with Crippen LogP contribution in [0.25, 0.3) is 11.3 Å². The zero-order valence-corrected chi connectivity index (χ0v) is 18.7. The molecule has 156 valence electrons. The van der Waals surface area contributed by atoms with Gasteiger partial charge in [-0.25, -0.2) is 18.5 Å². The normalized spacial score (nSPS) is 12.7. The number of aromatic nitrogens is 1. The number of benzene rings is 2. The minimum Gasteiger partial charge on any atom is -0.319 e. The Morgan fingerprint density at radius 3 is 2.48 bits per heavy atom. The van der Waals surface area contributed by atoms with Crippen molar-refractivity contribution in [2.24, 2.45) is 17.2 Å². The molecule has 0 saturated heterocycles. The van der Waals surface area contributed by atoms with Gasteiger partial charge in [-0.3, -0.25) is 0 Å². The number of alkyl halides is 3. The predicted octanol–water partition coefficient (Wildman–Crippen LogP) is 4.88. The van der Waals surface area contributed by atoms with Crippen LogP contribution in [0.3, 0.4) is 0 Å². The molecule has 0 aliphatic rings. The van der Waals surface area contributed by atoms with E-state index >= 15 is 0 Å². The lowest BCUT2D eigenvalue weighted by molar-refractivity contribution is -0.137. The number of rotatable bonds is 3. The molecular weight excluding hydrogens is 515 g/mol. The average Bonchev–Trinajstić information content (AvgIpc) is 2.94. The maximum absolute atomic E-state index is 12.9. The number of thiazole rings is 1. The predicted molar refractivity (Wildman–Crippen MR) is 112 cm³/mol. The van der Waals surface area contributed by atoms with Gasteiger partial charge in [0.1, 0.15) is 0 Å². The SMILES string of the molecule is Br.Cn1c(-c2cc(S(N)(=O)=O)ccc2Cl)csc1=Nc1cccc(C(F)(F)F)c1. The Kier molecular flexibility index (Phi) is 7.01. The molecule has 0 saturated carbocycles. The Hall–Kier alpha value is -1.66. The topological polar surface area (TPSA) is 77.5 Å². The van der Waals surface area contributed by atoms with Crippen LogP contribution in [0, 0.1) is 0 Å². The molecule has 0 aliphatic heterocycles. The summed E-state index contributed by atoms with van der Waals surface area (Å²) in [5.41, 5.74) is 0.309. The molecule has 1 aromatic heterocycles. The smallest absolute Gasteiger partial charge is 0.319 e. The van der Waals surface area contributed by atoms with Gasteiger partial charge in [-0.2, -0.15) is 13.2 Å². The Morgan fingerprint density at radius 1 is 1.17 bits per heavy atom. The highest BCUT2D eigenvalue weighted by molar-refractivity contribution is 8.93. The Bertz CT molecular complexity index is 1220. The molecule has 2 N–H and O–H groups in total. The summed E-state index contributed by atoms with van der Waals surface area (Å²) in [7, 11) is -2.27. The van der Waals surface area contributed by atoms with E-state index in [1.165, 1.54) is 41.7 Å². The number of primary sulfonamides is 1. The maximum Gasteiger partial charge on any atom is 0.416 e. The van der Waals surface area contributed by atoms with E-state index in [4.69, 9.17) is 16.7 Å². The second-order valence-electron chi connectivity index (χ2n) is 5.81. The third-order valence-corrected chi connectivity index (χ3v) is 6.02. The summed E-state index contributed by atoms with van der Waals surface area (Å²) in [6.45, 7) is 0. The Morgan fingerprint density at radius 2 is 1.86 bits per heavy atom. The first-order chi connectivity index (χ1) is 13.0. The van der Waals surface area contributed by atoms with E-state index in [2.05, 4.69) is 4.99 Å². The summed E-state index contributed by atoms with van der Waals surface area (Å²) in [5.74, 6) is 0. The zero-order chi connectivity index (χ0) is 20.7. The quantitative estimate of drug-likeness (QED) is 0.526. The van der Waals surface area contributed by atoms with E-state index in [9.17, 15) is 21.6 Å². The van der Waals surface area contributed by atoms with Crippen molar-refractivity contribution in [1.29, 1.82) is 0 Å². The molecular formula is C17H14BrClF3N3O2S2. The minimum atomic E-state index is -4.46. The van der Waals surface area contributed by atoms with Crippen molar-refractivity contribution >= 4 is 55.6 Å². The number of sulfonamides is 1. The lowest BCUT2D eigenvalue weighted by Crippen LogP contribution is -2.13. The van der Waals surface area contributed by atoms with Crippen LogP contribution >= 0.6 is 39.9 Å². The first kappa shape index (κ1) is 23.6. The minimum absolute atomic E-state index is 0. The fourth-order valence-electron chi connectivity index (χ4n) is 2.46. The van der Waals surface area contributed by atoms with Gasteiger partial charge < -0.3 is 4.57 Å². The highest BCUT2D eigenvalue weighted by Gasteiger charge is 2.30. The molecule has 0 aliphatic carbocycles. The van der Waals surface area contributed by atoms with Gasteiger partial charge in [0, 0.05) is 23.0 Å². The zero-order valence-electron chi connectivity index (χ0n) is 14.6. The van der Waals surface area contributed by atoms with Crippen molar-refractivity contribution in [3.63, 3.8) is 0 Å². The van der Waals surface area contributed by atoms with Gasteiger partial charge in [-0.05, 0) is 36.4 Å². The molecule has 29 heavy (non-hydrogen) atoms. The molecule has 0 fully saturated rings. The number of hydrogen-bond donors (Lipinski definition) is 1. The van der Waals surface area contributed by atoms with E-state index in [1.807, 2.05) is 0 Å². The van der Waals surface area contributed by atoms with Crippen LogP contribution in [0.1, 0.15) is 5.56 Å². The molecule has 0 radical (unpaired) electrons. The molecule has 0 unspecified atom stereocenters. The fourth-order valence-corrected chi connectivity index (χ4v) is 4.13. The van der Waals surface area contributed by atoms with Crippen LogP contribution in [0.4, 0.5) is 18.9 Å². The molecule has 1 heterocycles. The van der Waals surface area contributed by atoms with Crippen molar-refractivity contribution in [2.45, 2.75) is 11.1 Å². The number of halogens is 5. The standard InChI is InChI=1S/C17H13ClF3N3O2S2.BrH/c1-24-15(13-8-12(28(22,25)26)5-6-14(13)18)9-27-16(24)23-11-4-2-3-10(7-11)17(19,20)21;/h2-9H,1H3,(H2,22,25,26);1H.